The van der Waals surface area contributed by atoms with Gasteiger partial charge < -0.3 is 10.6 Å². The minimum atomic E-state index is -0.173. The fourth-order valence-electron chi connectivity index (χ4n) is 2.77. The van der Waals surface area contributed by atoms with Gasteiger partial charge in [-0.1, -0.05) is 48.0 Å². The lowest BCUT2D eigenvalue weighted by Gasteiger charge is -2.10. The van der Waals surface area contributed by atoms with Crippen LogP contribution < -0.4 is 10.6 Å². The van der Waals surface area contributed by atoms with Gasteiger partial charge in [0.1, 0.15) is 11.6 Å². The first kappa shape index (κ1) is 17.9. The number of anilines is 2. The first-order valence-corrected chi connectivity index (χ1v) is 8.72. The van der Waals surface area contributed by atoms with Crippen LogP contribution in [0.2, 0.25) is 0 Å². The number of nitrogens with zero attached hydrogens (tertiary/aromatic N) is 2. The van der Waals surface area contributed by atoms with Gasteiger partial charge in [0.05, 0.1) is 0 Å². The molecule has 0 amide bonds. The summed E-state index contributed by atoms with van der Waals surface area (Å²) in [5.41, 5.74) is 3.98. The van der Waals surface area contributed by atoms with E-state index in [1.165, 1.54) is 17.2 Å². The van der Waals surface area contributed by atoms with Crippen molar-refractivity contribution in [2.45, 2.75) is 26.8 Å². The zero-order chi connectivity index (χ0) is 18.4. The van der Waals surface area contributed by atoms with Gasteiger partial charge in [-0.05, 0) is 37.5 Å². The van der Waals surface area contributed by atoms with Crippen LogP contribution in [-0.4, -0.2) is 16.5 Å². The number of aromatic nitrogens is 2. The third kappa shape index (κ3) is 5.02. The Hall–Kier alpha value is -2.95. The maximum absolute atomic E-state index is 13.7. The third-order valence-electron chi connectivity index (χ3n) is 4.05. The van der Waals surface area contributed by atoms with Crippen molar-refractivity contribution in [1.29, 1.82) is 0 Å². The standard InChI is InChI=1S/C21H23FN4/c1-15-6-5-7-17(12-15)14-24-21-25-16(2)13-20(26-21)23-11-10-18-8-3-4-9-19(18)22/h3-9,12-13H,10-11,14H2,1-2H3,(H2,23,24,25,26). The number of rotatable bonds is 7. The first-order chi connectivity index (χ1) is 12.6. The highest BCUT2D eigenvalue weighted by Crippen LogP contribution is 2.13. The molecular formula is C21H23FN4. The monoisotopic (exact) mass is 350 g/mol. The highest BCUT2D eigenvalue weighted by Gasteiger charge is 2.04. The average molecular weight is 350 g/mol. The molecule has 0 spiro atoms. The molecule has 0 saturated carbocycles. The molecule has 1 aromatic heterocycles. The van der Waals surface area contributed by atoms with Crippen molar-refractivity contribution in [3.8, 4) is 0 Å². The normalized spacial score (nSPS) is 10.6. The van der Waals surface area contributed by atoms with Crippen molar-refractivity contribution in [2.75, 3.05) is 17.2 Å². The molecule has 4 nitrogen and oxygen atoms in total. The maximum atomic E-state index is 13.7. The summed E-state index contributed by atoms with van der Waals surface area (Å²) in [6, 6.07) is 17.0. The Kier molecular flexibility index (Phi) is 5.79. The molecule has 0 atom stereocenters. The third-order valence-corrected chi connectivity index (χ3v) is 4.05. The van der Waals surface area contributed by atoms with Crippen molar-refractivity contribution < 1.29 is 4.39 Å². The molecule has 0 fully saturated rings. The molecule has 0 aliphatic heterocycles. The first-order valence-electron chi connectivity index (χ1n) is 8.72. The van der Waals surface area contributed by atoms with Crippen molar-refractivity contribution in [1.82, 2.24) is 9.97 Å². The average Bonchev–Trinajstić information content (AvgIpc) is 2.61. The molecule has 3 aromatic rings. The van der Waals surface area contributed by atoms with Gasteiger partial charge in [-0.15, -0.1) is 0 Å². The summed E-state index contributed by atoms with van der Waals surface area (Å²) < 4.78 is 13.7. The lowest BCUT2D eigenvalue weighted by molar-refractivity contribution is 0.610. The summed E-state index contributed by atoms with van der Waals surface area (Å²) in [7, 11) is 0. The van der Waals surface area contributed by atoms with Crippen LogP contribution in [0.5, 0.6) is 0 Å². The van der Waals surface area contributed by atoms with E-state index in [1.807, 2.05) is 25.1 Å². The molecule has 1 heterocycles. The van der Waals surface area contributed by atoms with E-state index in [0.29, 0.717) is 31.0 Å². The summed E-state index contributed by atoms with van der Waals surface area (Å²) in [5.74, 6) is 1.15. The molecule has 0 aliphatic rings. The second kappa shape index (κ2) is 8.43. The van der Waals surface area contributed by atoms with E-state index in [9.17, 15) is 4.39 Å². The number of hydrogen-bond donors (Lipinski definition) is 2. The summed E-state index contributed by atoms with van der Waals surface area (Å²) in [6.07, 6.45) is 0.599. The number of aryl methyl sites for hydroxylation is 2. The van der Waals surface area contributed by atoms with Gasteiger partial charge in [-0.3, -0.25) is 0 Å². The Bertz CT molecular complexity index is 879. The smallest absolute Gasteiger partial charge is 0.225 e. The van der Waals surface area contributed by atoms with Crippen molar-refractivity contribution in [3.63, 3.8) is 0 Å². The zero-order valence-electron chi connectivity index (χ0n) is 15.1. The molecule has 0 unspecified atom stereocenters. The number of hydrogen-bond acceptors (Lipinski definition) is 4. The van der Waals surface area contributed by atoms with E-state index >= 15 is 0 Å². The van der Waals surface area contributed by atoms with Crippen molar-refractivity contribution in [3.05, 3.63) is 82.8 Å². The molecule has 2 N–H and O–H groups in total. The van der Waals surface area contributed by atoms with Crippen molar-refractivity contribution in [2.24, 2.45) is 0 Å². The van der Waals surface area contributed by atoms with Crippen LogP contribution in [0.4, 0.5) is 16.2 Å². The molecule has 2 aromatic carbocycles. The molecule has 5 heteroatoms. The van der Waals surface area contributed by atoms with Gasteiger partial charge in [0, 0.05) is 24.8 Å². The molecular weight excluding hydrogens is 327 g/mol. The zero-order valence-corrected chi connectivity index (χ0v) is 15.1. The molecule has 3 rings (SSSR count). The van der Waals surface area contributed by atoms with E-state index in [4.69, 9.17) is 0 Å². The van der Waals surface area contributed by atoms with Gasteiger partial charge in [0.2, 0.25) is 5.95 Å². The molecule has 0 radical (unpaired) electrons. The van der Waals surface area contributed by atoms with E-state index in [-0.39, 0.29) is 5.82 Å². The molecule has 0 bridgehead atoms. The van der Waals surface area contributed by atoms with Crippen LogP contribution in [0, 0.1) is 19.7 Å². The second-order valence-corrected chi connectivity index (χ2v) is 6.33. The number of benzene rings is 2. The van der Waals surface area contributed by atoms with Crippen LogP contribution in [0.25, 0.3) is 0 Å². The Labute approximate surface area is 153 Å². The van der Waals surface area contributed by atoms with Gasteiger partial charge in [-0.25, -0.2) is 9.37 Å². The Morgan fingerprint density at radius 2 is 1.77 bits per heavy atom. The highest BCUT2D eigenvalue weighted by molar-refractivity contribution is 5.42. The summed E-state index contributed by atoms with van der Waals surface area (Å²) in [4.78, 5) is 8.93. The van der Waals surface area contributed by atoms with E-state index < -0.39 is 0 Å². The minimum Gasteiger partial charge on any atom is -0.370 e. The fraction of sp³-hybridized carbons (Fsp3) is 0.238. The number of nitrogens with one attached hydrogen (secondary N) is 2. The fourth-order valence-corrected chi connectivity index (χ4v) is 2.77. The van der Waals surface area contributed by atoms with E-state index in [1.54, 1.807) is 12.1 Å². The highest BCUT2D eigenvalue weighted by atomic mass is 19.1. The molecule has 26 heavy (non-hydrogen) atoms. The second-order valence-electron chi connectivity index (χ2n) is 6.33. The topological polar surface area (TPSA) is 49.8 Å². The van der Waals surface area contributed by atoms with Gasteiger partial charge in [0.25, 0.3) is 0 Å². The van der Waals surface area contributed by atoms with Gasteiger partial charge in [-0.2, -0.15) is 4.98 Å². The molecule has 134 valence electrons. The van der Waals surface area contributed by atoms with Crippen LogP contribution >= 0.6 is 0 Å². The number of halogens is 1. The lowest BCUT2D eigenvalue weighted by Crippen LogP contribution is -2.10. The predicted octanol–water partition coefficient (Wildman–Crippen LogP) is 4.50. The minimum absolute atomic E-state index is 0.173. The Morgan fingerprint density at radius 1 is 0.923 bits per heavy atom. The van der Waals surface area contributed by atoms with Crippen LogP contribution in [-0.2, 0) is 13.0 Å². The van der Waals surface area contributed by atoms with Gasteiger partial charge >= 0.3 is 0 Å². The predicted molar refractivity (Wildman–Crippen MR) is 104 cm³/mol. The van der Waals surface area contributed by atoms with E-state index in [0.717, 1.165) is 11.5 Å². The summed E-state index contributed by atoms with van der Waals surface area (Å²) in [5, 5.41) is 6.52. The Morgan fingerprint density at radius 3 is 2.58 bits per heavy atom. The molecule has 0 aliphatic carbocycles. The van der Waals surface area contributed by atoms with Gasteiger partial charge in [0.15, 0.2) is 0 Å². The van der Waals surface area contributed by atoms with Crippen molar-refractivity contribution >= 4 is 11.8 Å². The SMILES string of the molecule is Cc1cccc(CNc2nc(C)cc(NCCc3ccccc3F)n2)c1. The van der Waals surface area contributed by atoms with Crippen LogP contribution in [0.1, 0.15) is 22.4 Å². The van der Waals surface area contributed by atoms with E-state index in [2.05, 4.69) is 45.7 Å². The maximum Gasteiger partial charge on any atom is 0.225 e. The Balaban J connectivity index is 1.59. The van der Waals surface area contributed by atoms with Crippen LogP contribution in [0.15, 0.2) is 54.6 Å². The molecule has 0 saturated heterocycles. The lowest BCUT2D eigenvalue weighted by atomic mass is 10.1. The largest absolute Gasteiger partial charge is 0.370 e. The summed E-state index contributed by atoms with van der Waals surface area (Å²) >= 11 is 0. The van der Waals surface area contributed by atoms with Crippen LogP contribution in [0.3, 0.4) is 0 Å². The summed E-state index contributed by atoms with van der Waals surface area (Å²) in [6.45, 7) is 5.28. The quantitative estimate of drug-likeness (QED) is 0.659.